The van der Waals surface area contributed by atoms with Crippen LogP contribution < -0.4 is 5.32 Å². The van der Waals surface area contributed by atoms with Gasteiger partial charge in [0.2, 0.25) is 10.0 Å². The predicted octanol–water partition coefficient (Wildman–Crippen LogP) is 1.10. The van der Waals surface area contributed by atoms with E-state index in [-0.39, 0.29) is 17.9 Å². The first kappa shape index (κ1) is 14.8. The first-order valence-corrected chi connectivity index (χ1v) is 9.60. The van der Waals surface area contributed by atoms with Crippen molar-refractivity contribution in [3.05, 3.63) is 0 Å². The van der Waals surface area contributed by atoms with Crippen LogP contribution in [0.1, 0.15) is 44.9 Å². The smallest absolute Gasteiger partial charge is 0.216 e. The molecule has 116 valence electrons. The summed E-state index contributed by atoms with van der Waals surface area (Å²) in [6.07, 6.45) is 7.41. The van der Waals surface area contributed by atoms with E-state index < -0.39 is 10.0 Å². The lowest BCUT2D eigenvalue weighted by molar-refractivity contribution is 0.125. The van der Waals surface area contributed by atoms with E-state index in [2.05, 4.69) is 5.32 Å². The molecule has 6 heteroatoms. The lowest BCUT2D eigenvalue weighted by Gasteiger charge is -2.35. The monoisotopic (exact) mass is 302 g/mol. The highest BCUT2D eigenvalue weighted by Gasteiger charge is 2.35. The maximum atomic E-state index is 12.6. The van der Waals surface area contributed by atoms with E-state index in [1.54, 1.807) is 4.31 Å². The minimum Gasteiger partial charge on any atom is -0.377 e. The average Bonchev–Trinajstić information content (AvgIpc) is 3.13. The molecule has 0 aromatic heterocycles. The second kappa shape index (κ2) is 6.30. The summed E-state index contributed by atoms with van der Waals surface area (Å²) in [5.41, 5.74) is 0. The third-order valence-corrected chi connectivity index (χ3v) is 6.56. The van der Waals surface area contributed by atoms with E-state index in [0.29, 0.717) is 19.2 Å². The fraction of sp³-hybridized carbons (Fsp3) is 1.00. The van der Waals surface area contributed by atoms with E-state index in [1.165, 1.54) is 12.8 Å². The number of piperidine rings is 1. The Kier molecular flexibility index (Phi) is 4.65. The van der Waals surface area contributed by atoms with Crippen LogP contribution >= 0.6 is 0 Å². The molecule has 0 aromatic carbocycles. The standard InChI is InChI=1S/C14H26N2O3S/c17-20(18,11-14-5-3-9-19-14)16-8-2-1-4-13(16)10-15-12-6-7-12/h12-15H,1-11H2. The molecule has 5 nitrogen and oxygen atoms in total. The number of rotatable bonds is 6. The van der Waals surface area contributed by atoms with Crippen LogP contribution in [0.15, 0.2) is 0 Å². The van der Waals surface area contributed by atoms with Crippen molar-refractivity contribution in [3.8, 4) is 0 Å². The summed E-state index contributed by atoms with van der Waals surface area (Å²) in [5, 5.41) is 3.48. The van der Waals surface area contributed by atoms with Crippen molar-refractivity contribution in [1.82, 2.24) is 9.62 Å². The van der Waals surface area contributed by atoms with Gasteiger partial charge >= 0.3 is 0 Å². The lowest BCUT2D eigenvalue weighted by atomic mass is 10.1. The molecule has 1 saturated carbocycles. The minimum absolute atomic E-state index is 0.0843. The molecule has 3 fully saturated rings. The molecule has 1 aliphatic carbocycles. The molecule has 2 aliphatic heterocycles. The Morgan fingerprint density at radius 1 is 1.10 bits per heavy atom. The highest BCUT2D eigenvalue weighted by molar-refractivity contribution is 7.89. The van der Waals surface area contributed by atoms with Gasteiger partial charge < -0.3 is 10.1 Å². The lowest BCUT2D eigenvalue weighted by Crippen LogP contribution is -2.50. The molecule has 20 heavy (non-hydrogen) atoms. The fourth-order valence-corrected chi connectivity index (χ4v) is 5.21. The van der Waals surface area contributed by atoms with E-state index in [0.717, 1.165) is 38.6 Å². The number of nitrogens with one attached hydrogen (secondary N) is 1. The molecule has 2 atom stereocenters. The normalized spacial score (nSPS) is 32.6. The number of hydrogen-bond donors (Lipinski definition) is 1. The highest BCUT2D eigenvalue weighted by atomic mass is 32.2. The van der Waals surface area contributed by atoms with E-state index in [1.807, 2.05) is 0 Å². The van der Waals surface area contributed by atoms with Crippen LogP contribution in [-0.2, 0) is 14.8 Å². The zero-order chi connectivity index (χ0) is 14.0. The molecule has 0 radical (unpaired) electrons. The number of nitrogens with zero attached hydrogens (tertiary/aromatic N) is 1. The summed E-state index contributed by atoms with van der Waals surface area (Å²) in [4.78, 5) is 0. The predicted molar refractivity (Wildman–Crippen MR) is 78.1 cm³/mol. The van der Waals surface area contributed by atoms with Crippen LogP contribution in [0.2, 0.25) is 0 Å². The third-order valence-electron chi connectivity index (χ3n) is 4.57. The highest BCUT2D eigenvalue weighted by Crippen LogP contribution is 2.25. The molecule has 1 N–H and O–H groups in total. The van der Waals surface area contributed by atoms with Gasteiger partial charge in [-0.3, -0.25) is 0 Å². The van der Waals surface area contributed by atoms with Crippen molar-refractivity contribution >= 4 is 10.0 Å². The van der Waals surface area contributed by atoms with Gasteiger partial charge in [-0.05, 0) is 38.5 Å². The van der Waals surface area contributed by atoms with E-state index in [9.17, 15) is 8.42 Å². The summed E-state index contributed by atoms with van der Waals surface area (Å²) in [6.45, 7) is 2.22. The van der Waals surface area contributed by atoms with Crippen LogP contribution in [0, 0.1) is 0 Å². The van der Waals surface area contributed by atoms with Gasteiger partial charge in [0.15, 0.2) is 0 Å². The summed E-state index contributed by atoms with van der Waals surface area (Å²) in [6, 6.07) is 0.787. The van der Waals surface area contributed by atoms with Crippen molar-refractivity contribution in [3.63, 3.8) is 0 Å². The van der Waals surface area contributed by atoms with Gasteiger partial charge in [-0.1, -0.05) is 6.42 Å². The van der Waals surface area contributed by atoms with Crippen LogP contribution in [0.3, 0.4) is 0 Å². The third kappa shape index (κ3) is 3.72. The second-order valence-corrected chi connectivity index (χ2v) is 8.32. The Hall–Kier alpha value is -0.170. The summed E-state index contributed by atoms with van der Waals surface area (Å²) in [5.74, 6) is 0.174. The zero-order valence-corrected chi connectivity index (χ0v) is 12.9. The average molecular weight is 302 g/mol. The zero-order valence-electron chi connectivity index (χ0n) is 12.1. The van der Waals surface area contributed by atoms with Crippen LogP contribution in [0.25, 0.3) is 0 Å². The molecule has 3 aliphatic rings. The van der Waals surface area contributed by atoms with Gasteiger partial charge in [0.25, 0.3) is 0 Å². The van der Waals surface area contributed by atoms with Gasteiger partial charge in [0, 0.05) is 31.8 Å². The van der Waals surface area contributed by atoms with Crippen molar-refractivity contribution in [1.29, 1.82) is 0 Å². The summed E-state index contributed by atoms with van der Waals surface area (Å²) >= 11 is 0. The second-order valence-electron chi connectivity index (χ2n) is 6.36. The number of sulfonamides is 1. The van der Waals surface area contributed by atoms with Gasteiger partial charge in [-0.15, -0.1) is 0 Å². The molecule has 2 saturated heterocycles. The molecule has 2 unspecified atom stereocenters. The molecular weight excluding hydrogens is 276 g/mol. The minimum atomic E-state index is -3.18. The molecule has 0 amide bonds. The van der Waals surface area contributed by atoms with Gasteiger partial charge in [0.1, 0.15) is 0 Å². The largest absolute Gasteiger partial charge is 0.377 e. The van der Waals surface area contributed by atoms with Gasteiger partial charge in [-0.2, -0.15) is 4.31 Å². The fourth-order valence-electron chi connectivity index (χ4n) is 3.24. The number of hydrogen-bond acceptors (Lipinski definition) is 4. The Labute approximate surface area is 122 Å². The van der Waals surface area contributed by atoms with Crippen LogP contribution in [0.5, 0.6) is 0 Å². The maximum Gasteiger partial charge on any atom is 0.216 e. The Morgan fingerprint density at radius 3 is 2.65 bits per heavy atom. The molecule has 0 aromatic rings. The molecule has 3 rings (SSSR count). The first-order chi connectivity index (χ1) is 9.65. The van der Waals surface area contributed by atoms with E-state index in [4.69, 9.17) is 4.74 Å². The first-order valence-electron chi connectivity index (χ1n) is 8.00. The quantitative estimate of drug-likeness (QED) is 0.798. The molecule has 0 spiro atoms. The van der Waals surface area contributed by atoms with Gasteiger partial charge in [-0.25, -0.2) is 8.42 Å². The Morgan fingerprint density at radius 2 is 1.95 bits per heavy atom. The topological polar surface area (TPSA) is 58.6 Å². The maximum absolute atomic E-state index is 12.6. The van der Waals surface area contributed by atoms with Crippen molar-refractivity contribution in [2.75, 3.05) is 25.4 Å². The Bertz CT molecular complexity index is 416. The summed E-state index contributed by atoms with van der Waals surface area (Å²) < 4.78 is 32.5. The van der Waals surface area contributed by atoms with Crippen LogP contribution in [0.4, 0.5) is 0 Å². The SMILES string of the molecule is O=S(=O)(CC1CCCO1)N1CCCCC1CNC1CC1. The molecular formula is C14H26N2O3S. The van der Waals surface area contributed by atoms with Crippen molar-refractivity contribution in [2.24, 2.45) is 0 Å². The summed E-state index contributed by atoms with van der Waals surface area (Å²) in [7, 11) is -3.18. The van der Waals surface area contributed by atoms with Crippen LogP contribution in [-0.4, -0.2) is 56.4 Å². The van der Waals surface area contributed by atoms with Crippen molar-refractivity contribution < 1.29 is 13.2 Å². The Balaban J connectivity index is 1.60. The van der Waals surface area contributed by atoms with E-state index >= 15 is 0 Å². The molecule has 2 heterocycles. The molecule has 0 bridgehead atoms. The number of ether oxygens (including phenoxy) is 1. The van der Waals surface area contributed by atoms with Crippen molar-refractivity contribution in [2.45, 2.75) is 63.1 Å². The van der Waals surface area contributed by atoms with Gasteiger partial charge in [0.05, 0.1) is 11.9 Å².